The number of rotatable bonds is 6. The molecule has 1 aromatic carbocycles. The average molecular weight is 304 g/mol. The van der Waals surface area contributed by atoms with Crippen LogP contribution in [0.3, 0.4) is 0 Å². The number of carbonyl (C=O) groups is 1. The largest absolute Gasteiger partial charge is 0.385 e. The molecule has 1 amide bonds. The Bertz CT molecular complexity index is 602. The maximum Gasteiger partial charge on any atom is 0.251 e. The normalized spacial score (nSPS) is 11.4. The minimum absolute atomic E-state index is 0.0403. The highest BCUT2D eigenvalue weighted by Crippen LogP contribution is 2.19. The van der Waals surface area contributed by atoms with Crippen molar-refractivity contribution in [3.8, 4) is 0 Å². The van der Waals surface area contributed by atoms with Crippen LogP contribution in [0.2, 0.25) is 0 Å². The number of primary sulfonamides is 1. The van der Waals surface area contributed by atoms with E-state index in [0.29, 0.717) is 19.6 Å². The Morgan fingerprint density at radius 3 is 2.65 bits per heavy atom. The third kappa shape index (κ3) is 4.26. The zero-order valence-corrected chi connectivity index (χ0v) is 12.1. The molecule has 0 aliphatic carbocycles. The Kier molecular flexibility index (Phi) is 5.61. The van der Waals surface area contributed by atoms with Gasteiger partial charge in [0.2, 0.25) is 10.0 Å². The summed E-state index contributed by atoms with van der Waals surface area (Å²) in [6, 6.07) is 2.21. The van der Waals surface area contributed by atoms with Gasteiger partial charge in [-0.2, -0.15) is 0 Å². The smallest absolute Gasteiger partial charge is 0.251 e. The number of amides is 1. The highest BCUT2D eigenvalue weighted by Gasteiger charge is 2.19. The molecular weight excluding hydrogens is 287 g/mol. The van der Waals surface area contributed by atoms with Gasteiger partial charge in [0, 0.05) is 25.8 Å². The van der Waals surface area contributed by atoms with Gasteiger partial charge in [-0.1, -0.05) is 0 Å². The van der Waals surface area contributed by atoms with E-state index in [4.69, 9.17) is 9.88 Å². The number of benzene rings is 1. The maximum absolute atomic E-state index is 13.7. The van der Waals surface area contributed by atoms with Gasteiger partial charge in [-0.25, -0.2) is 17.9 Å². The summed E-state index contributed by atoms with van der Waals surface area (Å²) in [5, 5.41) is 7.50. The quantitative estimate of drug-likeness (QED) is 0.750. The van der Waals surface area contributed by atoms with Crippen LogP contribution in [0.25, 0.3) is 0 Å². The summed E-state index contributed by atoms with van der Waals surface area (Å²) in [4.78, 5) is 11.2. The fourth-order valence-corrected chi connectivity index (χ4v) is 2.30. The molecule has 3 N–H and O–H groups in total. The number of nitrogens with one attached hydrogen (secondary N) is 1. The van der Waals surface area contributed by atoms with Crippen molar-refractivity contribution < 1.29 is 22.3 Å². The van der Waals surface area contributed by atoms with Gasteiger partial charge in [0.1, 0.15) is 10.7 Å². The molecule has 0 heterocycles. The first-order chi connectivity index (χ1) is 9.27. The molecule has 0 atom stereocenters. The molecule has 20 heavy (non-hydrogen) atoms. The number of hydrogen-bond acceptors (Lipinski definition) is 4. The molecule has 0 radical (unpaired) electrons. The van der Waals surface area contributed by atoms with Gasteiger partial charge in [0.05, 0.1) is 0 Å². The predicted octanol–water partition coefficient (Wildman–Crippen LogP) is 0.548. The maximum atomic E-state index is 13.7. The molecule has 0 aliphatic rings. The van der Waals surface area contributed by atoms with Crippen molar-refractivity contribution in [2.75, 3.05) is 20.3 Å². The third-order valence-electron chi connectivity index (χ3n) is 2.60. The van der Waals surface area contributed by atoms with Gasteiger partial charge in [0.15, 0.2) is 0 Å². The molecule has 8 heteroatoms. The van der Waals surface area contributed by atoms with Crippen molar-refractivity contribution in [3.05, 3.63) is 29.1 Å². The Hall–Kier alpha value is -1.51. The molecule has 0 saturated heterocycles. The van der Waals surface area contributed by atoms with E-state index >= 15 is 0 Å². The molecule has 112 valence electrons. The van der Waals surface area contributed by atoms with E-state index in [-0.39, 0.29) is 11.1 Å². The van der Waals surface area contributed by atoms with E-state index in [1.54, 1.807) is 7.11 Å². The topological polar surface area (TPSA) is 98.5 Å². The number of halogens is 1. The van der Waals surface area contributed by atoms with Crippen molar-refractivity contribution >= 4 is 15.9 Å². The SMILES string of the molecule is COCCCNC(=O)c1cc(C)c(F)c(S(N)(=O)=O)c1. The second kappa shape index (κ2) is 6.78. The number of nitrogens with two attached hydrogens (primary N) is 1. The monoisotopic (exact) mass is 304 g/mol. The minimum atomic E-state index is -4.22. The summed E-state index contributed by atoms with van der Waals surface area (Å²) in [6.07, 6.45) is 0.616. The second-order valence-corrected chi connectivity index (χ2v) is 5.78. The van der Waals surface area contributed by atoms with Crippen LogP contribution in [0.4, 0.5) is 4.39 Å². The molecule has 0 bridgehead atoms. The van der Waals surface area contributed by atoms with Gasteiger partial charge < -0.3 is 10.1 Å². The van der Waals surface area contributed by atoms with E-state index in [2.05, 4.69) is 5.32 Å². The average Bonchev–Trinajstić information content (AvgIpc) is 2.36. The summed E-state index contributed by atoms with van der Waals surface area (Å²) in [5.41, 5.74) is 0.0870. The molecule has 1 rings (SSSR count). The van der Waals surface area contributed by atoms with Gasteiger partial charge in [-0.05, 0) is 31.0 Å². The molecule has 0 fully saturated rings. The van der Waals surface area contributed by atoms with E-state index < -0.39 is 26.6 Å². The summed E-state index contributed by atoms with van der Waals surface area (Å²) < 4.78 is 41.1. The molecule has 0 aromatic heterocycles. The predicted molar refractivity (Wildman–Crippen MR) is 71.3 cm³/mol. The lowest BCUT2D eigenvalue weighted by atomic mass is 10.1. The second-order valence-electron chi connectivity index (χ2n) is 4.25. The first kappa shape index (κ1) is 16.5. The zero-order valence-electron chi connectivity index (χ0n) is 11.3. The highest BCUT2D eigenvalue weighted by molar-refractivity contribution is 7.89. The fourth-order valence-electron chi connectivity index (χ4n) is 1.60. The van der Waals surface area contributed by atoms with Crippen molar-refractivity contribution in [1.29, 1.82) is 0 Å². The molecule has 0 unspecified atom stereocenters. The Balaban J connectivity index is 2.97. The lowest BCUT2D eigenvalue weighted by Crippen LogP contribution is -2.26. The van der Waals surface area contributed by atoms with E-state index in [1.807, 2.05) is 0 Å². The molecule has 6 nitrogen and oxygen atoms in total. The fraction of sp³-hybridized carbons (Fsp3) is 0.417. The Labute approximate surface area is 117 Å². The summed E-state index contributed by atoms with van der Waals surface area (Å²) >= 11 is 0. The van der Waals surface area contributed by atoms with E-state index in [9.17, 15) is 17.6 Å². The van der Waals surface area contributed by atoms with Crippen LogP contribution in [0.15, 0.2) is 17.0 Å². The number of aryl methyl sites for hydroxylation is 1. The standard InChI is InChI=1S/C12H17FN2O4S/c1-8-6-9(12(16)15-4-3-5-19-2)7-10(11(8)13)20(14,17)18/h6-7H,3-5H2,1-2H3,(H,15,16)(H2,14,17,18). The van der Waals surface area contributed by atoms with Crippen LogP contribution >= 0.6 is 0 Å². The third-order valence-corrected chi connectivity index (χ3v) is 3.51. The lowest BCUT2D eigenvalue weighted by Gasteiger charge is -2.09. The summed E-state index contributed by atoms with van der Waals surface area (Å²) in [5.74, 6) is -1.43. The molecule has 1 aromatic rings. The zero-order chi connectivity index (χ0) is 15.3. The van der Waals surface area contributed by atoms with Crippen molar-refractivity contribution in [1.82, 2.24) is 5.32 Å². The van der Waals surface area contributed by atoms with Crippen LogP contribution in [-0.2, 0) is 14.8 Å². The van der Waals surface area contributed by atoms with Crippen molar-refractivity contribution in [3.63, 3.8) is 0 Å². The number of carbonyl (C=O) groups excluding carboxylic acids is 1. The van der Waals surface area contributed by atoms with Crippen LogP contribution in [0.5, 0.6) is 0 Å². The summed E-state index contributed by atoms with van der Waals surface area (Å²) in [7, 11) is -2.67. The molecule has 0 aliphatic heterocycles. The van der Waals surface area contributed by atoms with Crippen molar-refractivity contribution in [2.24, 2.45) is 5.14 Å². The van der Waals surface area contributed by atoms with Gasteiger partial charge in [-0.15, -0.1) is 0 Å². The molecule has 0 saturated carbocycles. The van der Waals surface area contributed by atoms with E-state index in [0.717, 1.165) is 6.07 Å². The van der Waals surface area contributed by atoms with Crippen molar-refractivity contribution in [2.45, 2.75) is 18.2 Å². The lowest BCUT2D eigenvalue weighted by molar-refractivity contribution is 0.0948. The Morgan fingerprint density at radius 2 is 2.10 bits per heavy atom. The van der Waals surface area contributed by atoms with Crippen LogP contribution in [0.1, 0.15) is 22.3 Å². The summed E-state index contributed by atoms with van der Waals surface area (Å²) in [6.45, 7) is 2.23. The first-order valence-corrected chi connectivity index (χ1v) is 7.42. The van der Waals surface area contributed by atoms with Crippen LogP contribution < -0.4 is 10.5 Å². The van der Waals surface area contributed by atoms with Gasteiger partial charge in [-0.3, -0.25) is 4.79 Å². The Morgan fingerprint density at radius 1 is 1.45 bits per heavy atom. The van der Waals surface area contributed by atoms with Crippen LogP contribution in [-0.4, -0.2) is 34.6 Å². The number of methoxy groups -OCH3 is 1. The molecular formula is C12H17FN2O4S. The number of sulfonamides is 1. The van der Waals surface area contributed by atoms with Gasteiger partial charge in [0.25, 0.3) is 5.91 Å². The highest BCUT2D eigenvalue weighted by atomic mass is 32.2. The number of ether oxygens (including phenoxy) is 1. The minimum Gasteiger partial charge on any atom is -0.385 e. The van der Waals surface area contributed by atoms with E-state index in [1.165, 1.54) is 13.0 Å². The van der Waals surface area contributed by atoms with Gasteiger partial charge >= 0.3 is 0 Å². The number of hydrogen-bond donors (Lipinski definition) is 2. The van der Waals surface area contributed by atoms with Crippen LogP contribution in [0, 0.1) is 12.7 Å². The molecule has 0 spiro atoms. The first-order valence-electron chi connectivity index (χ1n) is 5.87.